The molecule has 4 nitrogen and oxygen atoms in total. The second-order valence-electron chi connectivity index (χ2n) is 11.2. The Labute approximate surface area is 197 Å². The lowest BCUT2D eigenvalue weighted by molar-refractivity contribution is -0.158. The van der Waals surface area contributed by atoms with E-state index in [0.717, 1.165) is 25.1 Å². The van der Waals surface area contributed by atoms with E-state index in [0.29, 0.717) is 49.1 Å². The van der Waals surface area contributed by atoms with Crippen LogP contribution < -0.4 is 0 Å². The Morgan fingerprint density at radius 3 is 2.61 bits per heavy atom. The maximum atomic E-state index is 12.6. The zero-order valence-corrected chi connectivity index (χ0v) is 20.2. The normalized spacial score (nSPS) is 40.0. The van der Waals surface area contributed by atoms with Crippen molar-refractivity contribution in [2.45, 2.75) is 90.1 Å². The number of fused-ring (bicyclic) bond motifs is 1. The number of alkyl halides is 2. The summed E-state index contributed by atoms with van der Waals surface area (Å²) < 4.78 is 29.8. The number of nitrogens with zero attached hydrogens (tertiary/aromatic N) is 1. The summed E-state index contributed by atoms with van der Waals surface area (Å²) >= 11 is 0. The van der Waals surface area contributed by atoms with Gasteiger partial charge in [0.15, 0.2) is 0 Å². The number of halogens is 2. The van der Waals surface area contributed by atoms with Gasteiger partial charge in [0.05, 0.1) is 18.3 Å². The van der Waals surface area contributed by atoms with Crippen molar-refractivity contribution in [2.24, 2.45) is 23.2 Å². The van der Waals surface area contributed by atoms with Gasteiger partial charge in [-0.25, -0.2) is 0 Å². The Hall–Kier alpha value is -1.08. The maximum absolute atomic E-state index is 12.6. The molecule has 186 valence electrons. The van der Waals surface area contributed by atoms with Crippen LogP contribution in [0.1, 0.15) is 65.2 Å². The molecular formula is C27H41F2NO3. The van der Waals surface area contributed by atoms with Crippen LogP contribution in [0.25, 0.3) is 0 Å². The van der Waals surface area contributed by atoms with Gasteiger partial charge in [0.1, 0.15) is 0 Å². The second-order valence-corrected chi connectivity index (χ2v) is 11.2. The van der Waals surface area contributed by atoms with E-state index in [1.54, 1.807) is 0 Å². The molecule has 3 saturated carbocycles. The first kappa shape index (κ1) is 25.0. The van der Waals surface area contributed by atoms with Crippen molar-refractivity contribution in [3.05, 3.63) is 35.5 Å². The maximum Gasteiger partial charge on any atom is 0.345 e. The zero-order valence-electron chi connectivity index (χ0n) is 20.2. The molecule has 1 heterocycles. The minimum Gasteiger partial charge on any atom is -0.388 e. The fraction of sp³-hybridized carbons (Fsp3) is 0.778. The highest BCUT2D eigenvalue weighted by atomic mass is 19.3. The third-order valence-electron chi connectivity index (χ3n) is 9.10. The molecule has 1 aliphatic heterocycles. The molecule has 0 aromatic carbocycles. The van der Waals surface area contributed by atoms with Gasteiger partial charge in [-0.1, -0.05) is 43.7 Å². The summed E-state index contributed by atoms with van der Waals surface area (Å²) in [5.74, 6) is 1.74. The highest BCUT2D eigenvalue weighted by molar-refractivity contribution is 5.29. The highest BCUT2D eigenvalue weighted by Gasteiger charge is 2.50. The van der Waals surface area contributed by atoms with Crippen LogP contribution in [-0.4, -0.2) is 59.7 Å². The highest BCUT2D eigenvalue weighted by Crippen LogP contribution is 2.59. The first-order valence-corrected chi connectivity index (χ1v) is 12.8. The van der Waals surface area contributed by atoms with Crippen molar-refractivity contribution in [3.63, 3.8) is 0 Å². The third kappa shape index (κ3) is 5.44. The molecule has 33 heavy (non-hydrogen) atoms. The molecule has 4 fully saturated rings. The summed E-state index contributed by atoms with van der Waals surface area (Å²) in [6.07, 6.45) is 10.6. The Bertz CT molecular complexity index is 765. The summed E-state index contributed by atoms with van der Waals surface area (Å²) in [5, 5.41) is 20.3. The van der Waals surface area contributed by atoms with Crippen LogP contribution in [-0.2, 0) is 4.74 Å². The van der Waals surface area contributed by atoms with Crippen LogP contribution in [0, 0.1) is 23.2 Å². The van der Waals surface area contributed by atoms with E-state index in [4.69, 9.17) is 4.74 Å². The molecule has 0 amide bonds. The Kier molecular flexibility index (Phi) is 7.79. The predicted molar refractivity (Wildman–Crippen MR) is 126 cm³/mol. The summed E-state index contributed by atoms with van der Waals surface area (Å²) in [7, 11) is 0. The van der Waals surface area contributed by atoms with Crippen molar-refractivity contribution >= 4 is 0 Å². The van der Waals surface area contributed by atoms with Gasteiger partial charge in [0, 0.05) is 19.6 Å². The van der Waals surface area contributed by atoms with Crippen LogP contribution in [0.4, 0.5) is 8.78 Å². The van der Waals surface area contributed by atoms with E-state index in [2.05, 4.69) is 37.5 Å². The van der Waals surface area contributed by atoms with Crippen LogP contribution in [0.5, 0.6) is 0 Å². The number of rotatable bonds is 6. The minimum atomic E-state index is -2.68. The van der Waals surface area contributed by atoms with Gasteiger partial charge in [-0.3, -0.25) is 0 Å². The molecule has 2 unspecified atom stereocenters. The van der Waals surface area contributed by atoms with Gasteiger partial charge >= 0.3 is 6.61 Å². The van der Waals surface area contributed by atoms with Crippen LogP contribution in [0.15, 0.2) is 35.5 Å². The molecule has 0 aromatic rings. The van der Waals surface area contributed by atoms with Crippen molar-refractivity contribution in [1.29, 1.82) is 0 Å². The zero-order chi connectivity index (χ0) is 23.8. The van der Waals surface area contributed by atoms with Crippen molar-refractivity contribution in [3.8, 4) is 0 Å². The molecule has 0 aromatic heterocycles. The van der Waals surface area contributed by atoms with E-state index < -0.39 is 18.8 Å². The van der Waals surface area contributed by atoms with Gasteiger partial charge in [-0.2, -0.15) is 8.78 Å². The molecule has 2 N–H and O–H groups in total. The minimum absolute atomic E-state index is 0.278. The quantitative estimate of drug-likeness (QED) is 0.538. The Morgan fingerprint density at radius 1 is 1.18 bits per heavy atom. The number of hydrogen-bond donors (Lipinski definition) is 2. The number of aliphatic hydroxyl groups excluding tert-OH is 2. The van der Waals surface area contributed by atoms with E-state index in [-0.39, 0.29) is 11.5 Å². The molecule has 4 rings (SSSR count). The molecule has 0 radical (unpaired) electrons. The van der Waals surface area contributed by atoms with Gasteiger partial charge in [-0.05, 0) is 80.1 Å². The fourth-order valence-corrected chi connectivity index (χ4v) is 7.39. The number of likely N-dealkylation sites (tertiary alicyclic amines) is 1. The van der Waals surface area contributed by atoms with Crippen molar-refractivity contribution in [1.82, 2.24) is 4.90 Å². The largest absolute Gasteiger partial charge is 0.388 e. The lowest BCUT2D eigenvalue weighted by Crippen LogP contribution is -2.39. The Morgan fingerprint density at radius 2 is 1.91 bits per heavy atom. The lowest BCUT2D eigenvalue weighted by atomic mass is 9.61. The summed E-state index contributed by atoms with van der Waals surface area (Å²) in [4.78, 5) is 2.31. The second kappa shape index (κ2) is 10.3. The number of allylic oxidation sites excluding steroid dienone is 3. The Balaban J connectivity index is 1.40. The first-order valence-electron chi connectivity index (χ1n) is 12.8. The predicted octanol–water partition coefficient (Wildman–Crippen LogP) is 5.08. The summed E-state index contributed by atoms with van der Waals surface area (Å²) in [5.41, 5.74) is 3.42. The van der Waals surface area contributed by atoms with E-state index in [1.165, 1.54) is 31.3 Å². The van der Waals surface area contributed by atoms with Crippen molar-refractivity contribution in [2.75, 3.05) is 19.6 Å². The van der Waals surface area contributed by atoms with E-state index >= 15 is 0 Å². The molecular weight excluding hydrogens is 424 g/mol. The van der Waals surface area contributed by atoms with Gasteiger partial charge in [0.2, 0.25) is 0 Å². The van der Waals surface area contributed by atoms with Crippen molar-refractivity contribution < 1.29 is 23.7 Å². The molecule has 1 saturated heterocycles. The molecule has 0 bridgehead atoms. The van der Waals surface area contributed by atoms with Crippen LogP contribution in [0.3, 0.4) is 0 Å². The number of ether oxygens (including phenoxy) is 1. The van der Waals surface area contributed by atoms with Crippen LogP contribution in [0.2, 0.25) is 0 Å². The fourth-order valence-electron chi connectivity index (χ4n) is 7.39. The summed E-state index contributed by atoms with van der Waals surface area (Å²) in [6, 6.07) is 0. The lowest BCUT2D eigenvalue weighted by Gasteiger charge is -2.45. The van der Waals surface area contributed by atoms with Gasteiger partial charge < -0.3 is 19.8 Å². The van der Waals surface area contributed by atoms with E-state index in [9.17, 15) is 19.0 Å². The average molecular weight is 466 g/mol. The van der Waals surface area contributed by atoms with E-state index in [1.807, 2.05) is 0 Å². The molecule has 7 atom stereocenters. The number of hydrogen-bond acceptors (Lipinski definition) is 4. The average Bonchev–Trinajstić information content (AvgIpc) is 3.33. The number of aliphatic hydroxyl groups is 2. The molecule has 4 aliphatic rings. The first-order chi connectivity index (χ1) is 15.7. The third-order valence-corrected chi connectivity index (χ3v) is 9.10. The van der Waals surface area contributed by atoms with Crippen LogP contribution >= 0.6 is 0 Å². The monoisotopic (exact) mass is 465 g/mol. The molecule has 3 aliphatic carbocycles. The molecule has 0 spiro atoms. The standard InChI is InChI=1S/C27H41F2NO3/c1-17(15-30-12-10-21(16-30)33-26(28)29)22-8-9-23-20(5-4-11-27(22,23)3)7-6-19-13-24(31)18(2)25(32)14-19/h6-7,17,21-26,31-32H,2,4-5,8-16H2,1,3H3/t17?,21?,22-,23+,24-,25-,27-/m1/s1. The SMILES string of the molecule is C=C1[C@H](O)CC(=CC=C2CCC[C@]3(C)[C@@H](C(C)CN4CCC(OC(F)F)C4)CC[C@@H]23)C[C@H]1O. The topological polar surface area (TPSA) is 52.9 Å². The molecule has 6 heteroatoms. The van der Waals surface area contributed by atoms with Gasteiger partial charge in [0.25, 0.3) is 0 Å². The smallest absolute Gasteiger partial charge is 0.345 e. The van der Waals surface area contributed by atoms with Gasteiger partial charge in [-0.15, -0.1) is 0 Å². The summed E-state index contributed by atoms with van der Waals surface area (Å²) in [6.45, 7) is 8.36.